The Bertz CT molecular complexity index is 4220. The average molecular weight is 965 g/mol. The molecule has 1 N–H and O–H groups in total. The maximum atomic E-state index is 7.35. The summed E-state index contributed by atoms with van der Waals surface area (Å²) in [4.78, 5) is 0. The van der Waals surface area contributed by atoms with E-state index in [2.05, 4.69) is 232 Å². The molecule has 74 heavy (non-hydrogen) atoms. The van der Waals surface area contributed by atoms with Crippen LogP contribution >= 0.6 is 0 Å². The predicted molar refractivity (Wildman–Crippen MR) is 315 cm³/mol. The van der Waals surface area contributed by atoms with Gasteiger partial charge in [-0.2, -0.15) is 0 Å². The lowest BCUT2D eigenvalue weighted by Crippen LogP contribution is -2.36. The Hall–Kier alpha value is -7.24. The number of furan rings is 2. The van der Waals surface area contributed by atoms with E-state index < -0.39 is 0 Å². The fourth-order valence-corrected chi connectivity index (χ4v) is 13.5. The summed E-state index contributed by atoms with van der Waals surface area (Å²) < 4.78 is 17.1. The summed E-state index contributed by atoms with van der Waals surface area (Å²) in [5, 5.41) is 9.85. The van der Waals surface area contributed by atoms with Crippen LogP contribution in [0.3, 0.4) is 0 Å². The first kappa shape index (κ1) is 45.4. The maximum absolute atomic E-state index is 7.35. The molecular formula is C69H65BN2O2. The van der Waals surface area contributed by atoms with Crippen molar-refractivity contribution >= 4 is 84.5 Å². The van der Waals surface area contributed by atoms with E-state index >= 15 is 0 Å². The van der Waals surface area contributed by atoms with Gasteiger partial charge in [-0.05, 0) is 162 Å². The second-order valence-electron chi connectivity index (χ2n) is 26.1. The van der Waals surface area contributed by atoms with Gasteiger partial charge in [0.15, 0.2) is 0 Å². The van der Waals surface area contributed by atoms with Gasteiger partial charge in [0.05, 0.1) is 27.8 Å². The Labute approximate surface area is 436 Å². The molecule has 3 aliphatic rings. The number of aromatic nitrogens is 1. The van der Waals surface area contributed by atoms with Crippen molar-refractivity contribution in [2.24, 2.45) is 0 Å². The van der Waals surface area contributed by atoms with Crippen LogP contribution in [-0.2, 0) is 27.1 Å². The Kier molecular flexibility index (Phi) is 9.18. The summed E-state index contributed by atoms with van der Waals surface area (Å²) in [5.74, 6) is 0. The summed E-state index contributed by atoms with van der Waals surface area (Å²) in [6.45, 7) is 28.5. The highest BCUT2D eigenvalue weighted by atomic mass is 16.3. The van der Waals surface area contributed by atoms with Crippen molar-refractivity contribution < 1.29 is 8.83 Å². The zero-order valence-corrected chi connectivity index (χ0v) is 45.2. The molecule has 0 fully saturated rings. The van der Waals surface area contributed by atoms with Gasteiger partial charge in [-0.15, -0.1) is 0 Å². The number of hydrogen-bond donors (Lipinski definition) is 1. The predicted octanol–water partition coefficient (Wildman–Crippen LogP) is 17.5. The monoisotopic (exact) mass is 965 g/mol. The summed E-state index contributed by atoms with van der Waals surface area (Å²) in [5.41, 5.74) is 26.2. The third kappa shape index (κ3) is 6.40. The minimum absolute atomic E-state index is 0.0338. The topological polar surface area (TPSA) is 43.2 Å². The van der Waals surface area contributed by atoms with Gasteiger partial charge >= 0.3 is 0 Å². The minimum Gasteiger partial charge on any atom is -0.469 e. The van der Waals surface area contributed by atoms with Crippen LogP contribution in [0.4, 0.5) is 11.4 Å². The van der Waals surface area contributed by atoms with Crippen LogP contribution in [0.25, 0.3) is 93.8 Å². The SMILES string of the molecule is CC(C)(C)c1ccc(Nc2cc3c(cc2-c2c4c5c(c6cc(C(C)(C)C)ccc6n5-c5c(oc6cc(-c7ccccc7)ccc56)B4)c4oc5ccccc5c24)-c2cc4c(cc2C3(C)C)C(C)(C)CCC4(C)C)cc1. The maximum Gasteiger partial charge on any atom is 0.244 e. The molecular weight excluding hydrogens is 900 g/mol. The van der Waals surface area contributed by atoms with Crippen LogP contribution in [0.5, 0.6) is 0 Å². The number of hydrogen-bond acceptors (Lipinski definition) is 3. The lowest BCUT2D eigenvalue weighted by Gasteiger charge is -2.42. The number of fused-ring (bicyclic) bond motifs is 15. The first-order valence-electron chi connectivity index (χ1n) is 27.0. The van der Waals surface area contributed by atoms with Gasteiger partial charge in [-0.3, -0.25) is 0 Å². The summed E-state index contributed by atoms with van der Waals surface area (Å²) in [6.07, 6.45) is 2.35. The quantitative estimate of drug-likeness (QED) is 0.179. The van der Waals surface area contributed by atoms with Crippen LogP contribution in [-0.4, -0.2) is 11.8 Å². The van der Waals surface area contributed by atoms with Gasteiger partial charge in [0, 0.05) is 43.9 Å². The second kappa shape index (κ2) is 15.0. The molecule has 4 nitrogen and oxygen atoms in total. The molecule has 0 amide bonds. The van der Waals surface area contributed by atoms with Crippen LogP contribution < -0.4 is 16.4 Å². The molecule has 0 spiro atoms. The van der Waals surface area contributed by atoms with E-state index in [0.29, 0.717) is 7.28 Å². The number of benzene rings is 8. The smallest absolute Gasteiger partial charge is 0.244 e. The van der Waals surface area contributed by atoms with Crippen molar-refractivity contribution in [1.29, 1.82) is 0 Å². The van der Waals surface area contributed by atoms with Crippen molar-refractivity contribution in [1.82, 2.24) is 4.57 Å². The Morgan fingerprint density at radius 1 is 0.527 bits per heavy atom. The van der Waals surface area contributed by atoms with Crippen LogP contribution in [0.15, 0.2) is 148 Å². The molecule has 4 heterocycles. The van der Waals surface area contributed by atoms with E-state index in [1.54, 1.807) is 0 Å². The van der Waals surface area contributed by atoms with Crippen molar-refractivity contribution in [3.63, 3.8) is 0 Å². The summed E-state index contributed by atoms with van der Waals surface area (Å²) in [7, 11) is 0.615. The molecule has 0 radical (unpaired) electrons. The lowest BCUT2D eigenvalue weighted by atomic mass is 9.61. The number of anilines is 2. The molecule has 366 valence electrons. The highest BCUT2D eigenvalue weighted by Gasteiger charge is 2.44. The van der Waals surface area contributed by atoms with E-state index in [4.69, 9.17) is 8.83 Å². The van der Waals surface area contributed by atoms with Gasteiger partial charge in [0.25, 0.3) is 0 Å². The molecule has 8 aromatic carbocycles. The Morgan fingerprint density at radius 3 is 1.92 bits per heavy atom. The van der Waals surface area contributed by atoms with Crippen molar-refractivity contribution in [2.75, 3.05) is 5.32 Å². The summed E-state index contributed by atoms with van der Waals surface area (Å²) in [6, 6.07) is 52.6. The molecule has 14 rings (SSSR count). The largest absolute Gasteiger partial charge is 0.469 e. The van der Waals surface area contributed by atoms with Crippen LogP contribution in [0.1, 0.15) is 129 Å². The molecule has 0 atom stereocenters. The van der Waals surface area contributed by atoms with E-state index in [1.165, 1.54) is 84.8 Å². The molecule has 2 aliphatic carbocycles. The van der Waals surface area contributed by atoms with Gasteiger partial charge in [0.1, 0.15) is 16.7 Å². The van der Waals surface area contributed by atoms with E-state index in [-0.39, 0.29) is 27.1 Å². The van der Waals surface area contributed by atoms with E-state index in [0.717, 1.165) is 77.7 Å². The molecule has 3 aromatic heterocycles. The fourth-order valence-electron chi connectivity index (χ4n) is 13.5. The number of nitrogens with zero attached hydrogens (tertiary/aromatic N) is 1. The molecule has 5 heteroatoms. The Balaban J connectivity index is 1.12. The minimum atomic E-state index is -0.239. The molecule has 0 bridgehead atoms. The van der Waals surface area contributed by atoms with Crippen molar-refractivity contribution in [3.8, 4) is 39.1 Å². The van der Waals surface area contributed by atoms with Crippen LogP contribution in [0, 0.1) is 0 Å². The third-order valence-corrected chi connectivity index (χ3v) is 18.0. The van der Waals surface area contributed by atoms with Crippen molar-refractivity contribution in [3.05, 3.63) is 173 Å². The van der Waals surface area contributed by atoms with Gasteiger partial charge in [-0.1, -0.05) is 162 Å². The van der Waals surface area contributed by atoms with Crippen LogP contribution in [0.2, 0.25) is 0 Å². The molecule has 0 saturated heterocycles. The Morgan fingerprint density at radius 2 is 1.19 bits per heavy atom. The molecule has 11 aromatic rings. The number of nitrogens with one attached hydrogen (secondary N) is 1. The molecule has 1 aliphatic heterocycles. The lowest BCUT2D eigenvalue weighted by molar-refractivity contribution is 0.331. The zero-order chi connectivity index (χ0) is 51.2. The molecule has 0 unspecified atom stereocenters. The zero-order valence-electron chi connectivity index (χ0n) is 45.2. The highest BCUT2D eigenvalue weighted by Crippen LogP contribution is 2.57. The van der Waals surface area contributed by atoms with E-state index in [1.807, 2.05) is 0 Å². The second-order valence-corrected chi connectivity index (χ2v) is 26.1. The first-order chi connectivity index (χ1) is 35.2. The average Bonchev–Trinajstić information content (AvgIpc) is 4.10. The van der Waals surface area contributed by atoms with Gasteiger partial charge in [0.2, 0.25) is 7.28 Å². The van der Waals surface area contributed by atoms with E-state index in [9.17, 15) is 0 Å². The standard InChI is InChI=1S/C69H65BN2O2/c1-65(2,3)40-23-26-42(27-24-40)71-53-37-50-45(46-35-51-52(36-49(46)69(50,11)12)68(9,10)31-30-67(51,7)8)34-47(53)57-58-43-20-16-17-21-55(43)73-63(58)59-48-33-41(66(4,5)6)25-29-54(48)72-61-44-28-22-39(38-18-14-13-15-19-38)32-56(44)74-64(61)70-60(57)62(59)72/h13-29,32-37,70-71H,30-31H2,1-12H3. The van der Waals surface area contributed by atoms with Gasteiger partial charge < -0.3 is 18.7 Å². The van der Waals surface area contributed by atoms with Crippen molar-refractivity contribution in [2.45, 2.75) is 123 Å². The van der Waals surface area contributed by atoms with Gasteiger partial charge in [-0.25, -0.2) is 0 Å². The number of para-hydroxylation sites is 1. The fraction of sp³-hybridized carbons (Fsp3) is 0.275. The molecule has 0 saturated carbocycles. The first-order valence-corrected chi connectivity index (χ1v) is 27.0. The third-order valence-electron chi connectivity index (χ3n) is 18.0. The normalized spacial score (nSPS) is 16.2. The highest BCUT2D eigenvalue weighted by molar-refractivity contribution is 6.74. The summed E-state index contributed by atoms with van der Waals surface area (Å²) >= 11 is 0. The number of rotatable bonds is 4.